The van der Waals surface area contributed by atoms with Crippen LogP contribution < -0.4 is 5.32 Å². The van der Waals surface area contributed by atoms with E-state index in [9.17, 15) is 5.11 Å². The van der Waals surface area contributed by atoms with Crippen LogP contribution in [0.15, 0.2) is 18.2 Å². The van der Waals surface area contributed by atoms with E-state index in [2.05, 4.69) is 12.2 Å². The molecule has 1 aromatic carbocycles. The molecule has 1 aliphatic carbocycles. The van der Waals surface area contributed by atoms with Crippen LogP contribution in [0.25, 0.3) is 0 Å². The molecule has 2 N–H and O–H groups in total. The lowest BCUT2D eigenvalue weighted by atomic mass is 10.1. The number of hydrogen-bond donors (Lipinski definition) is 2. The van der Waals surface area contributed by atoms with Crippen molar-refractivity contribution in [3.05, 3.63) is 33.8 Å². The van der Waals surface area contributed by atoms with E-state index in [1.54, 1.807) is 18.2 Å². The fourth-order valence-electron chi connectivity index (χ4n) is 2.16. The van der Waals surface area contributed by atoms with Crippen molar-refractivity contribution in [2.45, 2.75) is 25.9 Å². The lowest BCUT2D eigenvalue weighted by Gasteiger charge is -2.16. The van der Waals surface area contributed by atoms with Crippen LogP contribution in [0.2, 0.25) is 10.0 Å². The van der Waals surface area contributed by atoms with Gasteiger partial charge in [-0.25, -0.2) is 0 Å². The Labute approximate surface area is 118 Å². The van der Waals surface area contributed by atoms with Gasteiger partial charge in [-0.15, -0.1) is 0 Å². The first-order chi connectivity index (χ1) is 8.58. The summed E-state index contributed by atoms with van der Waals surface area (Å²) in [4.78, 5) is 0. The van der Waals surface area contributed by atoms with Gasteiger partial charge in [0, 0.05) is 22.2 Å². The van der Waals surface area contributed by atoms with Gasteiger partial charge in [0.1, 0.15) is 0 Å². The zero-order chi connectivity index (χ0) is 13.1. The van der Waals surface area contributed by atoms with Gasteiger partial charge in [0.25, 0.3) is 0 Å². The predicted octanol–water partition coefficient (Wildman–Crippen LogP) is 3.66. The van der Waals surface area contributed by atoms with E-state index in [0.717, 1.165) is 12.5 Å². The van der Waals surface area contributed by atoms with Crippen LogP contribution in [0.1, 0.15) is 31.4 Å². The molecule has 0 saturated heterocycles. The Morgan fingerprint density at radius 3 is 2.72 bits per heavy atom. The third kappa shape index (κ3) is 3.86. The molecular weight excluding hydrogens is 269 g/mol. The molecule has 2 rings (SSSR count). The molecule has 1 saturated carbocycles. The summed E-state index contributed by atoms with van der Waals surface area (Å²) in [5.74, 6) is 1.57. The normalized spacial score (nSPS) is 18.7. The number of nitrogens with one attached hydrogen (secondary N) is 1. The zero-order valence-electron chi connectivity index (χ0n) is 10.5. The average molecular weight is 288 g/mol. The fourth-order valence-corrected chi connectivity index (χ4v) is 2.58. The highest BCUT2D eigenvalue weighted by molar-refractivity contribution is 6.33. The second-order valence-corrected chi connectivity index (χ2v) is 6.00. The molecule has 0 heterocycles. The summed E-state index contributed by atoms with van der Waals surface area (Å²) in [5.41, 5.74) is 0.691. The largest absolute Gasteiger partial charge is 0.387 e. The first-order valence-electron chi connectivity index (χ1n) is 6.41. The molecule has 0 amide bonds. The second kappa shape index (κ2) is 6.25. The standard InChI is InChI=1S/C14H19Cl2NO/c1-9(10-2-3-10)7-17-8-14(18)12-6-11(15)4-5-13(12)16/h4-6,9-10,14,17-18H,2-3,7-8H2,1H3. The molecule has 0 bridgehead atoms. The van der Waals surface area contributed by atoms with E-state index in [0.29, 0.717) is 28.1 Å². The molecule has 0 aromatic heterocycles. The van der Waals surface area contributed by atoms with Crippen molar-refractivity contribution in [2.75, 3.05) is 13.1 Å². The van der Waals surface area contributed by atoms with E-state index in [1.165, 1.54) is 12.8 Å². The molecular formula is C14H19Cl2NO. The highest BCUT2D eigenvalue weighted by Gasteiger charge is 2.27. The van der Waals surface area contributed by atoms with Crippen LogP contribution in [0.3, 0.4) is 0 Å². The Morgan fingerprint density at radius 2 is 2.06 bits per heavy atom. The molecule has 0 radical (unpaired) electrons. The molecule has 2 nitrogen and oxygen atoms in total. The molecule has 18 heavy (non-hydrogen) atoms. The van der Waals surface area contributed by atoms with Crippen molar-refractivity contribution in [1.29, 1.82) is 0 Å². The third-order valence-corrected chi connectivity index (χ3v) is 4.13. The summed E-state index contributed by atoms with van der Waals surface area (Å²) in [6, 6.07) is 5.17. The summed E-state index contributed by atoms with van der Waals surface area (Å²) in [6.45, 7) is 3.71. The fraction of sp³-hybridized carbons (Fsp3) is 0.571. The second-order valence-electron chi connectivity index (χ2n) is 5.15. The van der Waals surface area contributed by atoms with Gasteiger partial charge < -0.3 is 10.4 Å². The van der Waals surface area contributed by atoms with Gasteiger partial charge in [-0.2, -0.15) is 0 Å². The summed E-state index contributed by atoms with van der Waals surface area (Å²) >= 11 is 12.0. The van der Waals surface area contributed by atoms with Crippen LogP contribution in [-0.4, -0.2) is 18.2 Å². The summed E-state index contributed by atoms with van der Waals surface area (Å²) in [6.07, 6.45) is 2.10. The van der Waals surface area contributed by atoms with Crippen LogP contribution in [0, 0.1) is 11.8 Å². The Kier molecular flexibility index (Phi) is 4.91. The Bertz CT molecular complexity index is 407. The number of rotatable bonds is 6. The lowest BCUT2D eigenvalue weighted by Crippen LogP contribution is -2.27. The molecule has 2 atom stereocenters. The summed E-state index contributed by atoms with van der Waals surface area (Å²) < 4.78 is 0. The van der Waals surface area contributed by atoms with Crippen molar-refractivity contribution in [1.82, 2.24) is 5.32 Å². The molecule has 1 aromatic rings. The number of aliphatic hydroxyl groups excluding tert-OH is 1. The minimum absolute atomic E-state index is 0.511. The smallest absolute Gasteiger partial charge is 0.0929 e. The first kappa shape index (κ1) is 14.1. The van der Waals surface area contributed by atoms with Crippen molar-refractivity contribution < 1.29 is 5.11 Å². The molecule has 2 unspecified atom stereocenters. The van der Waals surface area contributed by atoms with Crippen LogP contribution >= 0.6 is 23.2 Å². The maximum Gasteiger partial charge on any atom is 0.0929 e. The highest BCUT2D eigenvalue weighted by atomic mass is 35.5. The SMILES string of the molecule is CC(CNCC(O)c1cc(Cl)ccc1Cl)C1CC1. The van der Waals surface area contributed by atoms with E-state index in [1.807, 2.05) is 0 Å². The third-order valence-electron chi connectivity index (χ3n) is 3.55. The Hall–Kier alpha value is -0.280. The van der Waals surface area contributed by atoms with E-state index in [-0.39, 0.29) is 0 Å². The Morgan fingerprint density at radius 1 is 1.33 bits per heavy atom. The van der Waals surface area contributed by atoms with E-state index >= 15 is 0 Å². The first-order valence-corrected chi connectivity index (χ1v) is 7.17. The van der Waals surface area contributed by atoms with Crippen molar-refractivity contribution in [3.8, 4) is 0 Å². The lowest BCUT2D eigenvalue weighted by molar-refractivity contribution is 0.172. The van der Waals surface area contributed by atoms with Crippen molar-refractivity contribution in [3.63, 3.8) is 0 Å². The number of benzene rings is 1. The molecule has 0 spiro atoms. The Balaban J connectivity index is 1.82. The average Bonchev–Trinajstić information content (AvgIpc) is 3.16. The molecule has 4 heteroatoms. The van der Waals surface area contributed by atoms with Crippen molar-refractivity contribution in [2.24, 2.45) is 11.8 Å². The number of hydrogen-bond acceptors (Lipinski definition) is 2. The minimum atomic E-state index is -0.609. The molecule has 100 valence electrons. The van der Waals surface area contributed by atoms with Gasteiger partial charge in [-0.05, 0) is 49.4 Å². The van der Waals surface area contributed by atoms with Crippen LogP contribution in [0.5, 0.6) is 0 Å². The van der Waals surface area contributed by atoms with E-state index < -0.39 is 6.10 Å². The molecule has 1 fully saturated rings. The van der Waals surface area contributed by atoms with Gasteiger partial charge in [0.2, 0.25) is 0 Å². The maximum atomic E-state index is 10.1. The van der Waals surface area contributed by atoms with Gasteiger partial charge >= 0.3 is 0 Å². The van der Waals surface area contributed by atoms with Crippen molar-refractivity contribution >= 4 is 23.2 Å². The van der Waals surface area contributed by atoms with Gasteiger partial charge in [0.15, 0.2) is 0 Å². The highest BCUT2D eigenvalue weighted by Crippen LogP contribution is 2.36. The number of halogens is 2. The topological polar surface area (TPSA) is 32.3 Å². The quantitative estimate of drug-likeness (QED) is 0.837. The summed E-state index contributed by atoms with van der Waals surface area (Å²) in [5, 5.41) is 14.5. The monoisotopic (exact) mass is 287 g/mol. The predicted molar refractivity (Wildman–Crippen MR) is 76.2 cm³/mol. The van der Waals surface area contributed by atoms with Gasteiger partial charge in [0.05, 0.1) is 6.10 Å². The van der Waals surface area contributed by atoms with Gasteiger partial charge in [-0.3, -0.25) is 0 Å². The van der Waals surface area contributed by atoms with E-state index in [4.69, 9.17) is 23.2 Å². The molecule has 0 aliphatic heterocycles. The van der Waals surface area contributed by atoms with Gasteiger partial charge in [-0.1, -0.05) is 30.1 Å². The number of aliphatic hydroxyl groups is 1. The van der Waals surface area contributed by atoms with Crippen LogP contribution in [0.4, 0.5) is 0 Å². The summed E-state index contributed by atoms with van der Waals surface area (Å²) in [7, 11) is 0. The minimum Gasteiger partial charge on any atom is -0.387 e. The molecule has 1 aliphatic rings. The van der Waals surface area contributed by atoms with Crippen LogP contribution in [-0.2, 0) is 0 Å². The maximum absolute atomic E-state index is 10.1. The zero-order valence-corrected chi connectivity index (χ0v) is 12.0.